The Morgan fingerprint density at radius 3 is 2.00 bits per heavy atom. The molecule has 0 spiro atoms. The van der Waals surface area contributed by atoms with Crippen LogP contribution in [0.4, 0.5) is 0 Å². The molecule has 6 aromatic rings. The predicted octanol–water partition coefficient (Wildman–Crippen LogP) is 9.40. The number of para-hydroxylation sites is 2. The van der Waals surface area contributed by atoms with Crippen LogP contribution in [0.2, 0.25) is 0 Å². The number of fused-ring (bicyclic) bond motifs is 4. The molecule has 0 N–H and O–H groups in total. The van der Waals surface area contributed by atoms with E-state index in [1.807, 2.05) is 6.08 Å². The van der Waals surface area contributed by atoms with Crippen molar-refractivity contribution >= 4 is 50.2 Å². The van der Waals surface area contributed by atoms with E-state index >= 15 is 0 Å². The van der Waals surface area contributed by atoms with Crippen LogP contribution in [0.25, 0.3) is 61.3 Å². The first kappa shape index (κ1) is 21.9. The van der Waals surface area contributed by atoms with Crippen molar-refractivity contribution in [2.45, 2.75) is 13.8 Å². The summed E-state index contributed by atoms with van der Waals surface area (Å²) in [5, 5.41) is 3.68. The van der Waals surface area contributed by atoms with Gasteiger partial charge in [0.1, 0.15) is 0 Å². The molecule has 0 saturated carbocycles. The van der Waals surface area contributed by atoms with E-state index in [1.165, 1.54) is 44.1 Å². The highest BCUT2D eigenvalue weighted by Crippen LogP contribution is 2.36. The summed E-state index contributed by atoms with van der Waals surface area (Å²) in [6.07, 6.45) is 4.14. The number of aromatic nitrogens is 2. The van der Waals surface area contributed by atoms with Crippen LogP contribution in [0.15, 0.2) is 116 Å². The molecule has 0 amide bonds. The quantitative estimate of drug-likeness (QED) is 0.225. The van der Waals surface area contributed by atoms with E-state index in [0.717, 1.165) is 22.4 Å². The third kappa shape index (κ3) is 3.34. The highest BCUT2D eigenvalue weighted by molar-refractivity contribution is 6.11. The van der Waals surface area contributed by atoms with E-state index in [-0.39, 0.29) is 0 Å². The smallest absolute Gasteiger partial charge is 0.0547 e. The molecule has 0 aliphatic carbocycles. The Bertz CT molecular complexity index is 1820. The lowest BCUT2D eigenvalue weighted by Crippen LogP contribution is -1.99. The Morgan fingerprint density at radius 1 is 0.667 bits per heavy atom. The minimum absolute atomic E-state index is 0.932. The van der Waals surface area contributed by atoms with Crippen molar-refractivity contribution in [3.63, 3.8) is 0 Å². The molecule has 2 heteroatoms. The van der Waals surface area contributed by atoms with Crippen molar-refractivity contribution in [2.75, 3.05) is 0 Å². The Balaban J connectivity index is 1.56. The number of hydrogen-bond donors (Lipinski definition) is 0. The van der Waals surface area contributed by atoms with Gasteiger partial charge >= 0.3 is 0 Å². The van der Waals surface area contributed by atoms with Crippen molar-refractivity contribution in [3.05, 3.63) is 128 Å². The number of rotatable bonds is 5. The normalized spacial score (nSPS) is 12.0. The monoisotopic (exact) mass is 464 g/mol. The van der Waals surface area contributed by atoms with Crippen LogP contribution < -0.4 is 0 Å². The molecule has 4 aromatic carbocycles. The summed E-state index contributed by atoms with van der Waals surface area (Å²) in [6.45, 7) is 12.9. The zero-order chi connectivity index (χ0) is 24.8. The summed E-state index contributed by atoms with van der Waals surface area (Å²) >= 11 is 0. The molecule has 0 bridgehead atoms. The van der Waals surface area contributed by atoms with Gasteiger partial charge in [-0.15, -0.1) is 0 Å². The SMILES string of the molecule is C=Cc1c(C)n(C(C)=CC(=C)n2c3ccccc3c3ccc(-c4ccccc4)cc32)c2ccccc12. The minimum Gasteiger partial charge on any atom is -0.317 e. The average Bonchev–Trinajstić information content (AvgIpc) is 3.39. The van der Waals surface area contributed by atoms with Crippen LogP contribution in [0.1, 0.15) is 18.2 Å². The second-order valence-electron chi connectivity index (χ2n) is 9.28. The number of nitrogens with zero attached hydrogens (tertiary/aromatic N) is 2. The van der Waals surface area contributed by atoms with Crippen molar-refractivity contribution in [1.29, 1.82) is 0 Å². The molecule has 0 fully saturated rings. The summed E-state index contributed by atoms with van der Waals surface area (Å²) in [5.41, 5.74) is 10.3. The van der Waals surface area contributed by atoms with Crippen molar-refractivity contribution in [3.8, 4) is 11.1 Å². The summed E-state index contributed by atoms with van der Waals surface area (Å²) in [7, 11) is 0. The minimum atomic E-state index is 0.932. The third-order valence-electron chi connectivity index (χ3n) is 7.16. The molecule has 6 rings (SSSR count). The van der Waals surface area contributed by atoms with Gasteiger partial charge in [0.2, 0.25) is 0 Å². The summed E-state index contributed by atoms with van der Waals surface area (Å²) in [5.74, 6) is 0. The second-order valence-corrected chi connectivity index (χ2v) is 9.28. The molecule has 0 aliphatic heterocycles. The largest absolute Gasteiger partial charge is 0.317 e. The fourth-order valence-electron chi connectivity index (χ4n) is 5.56. The van der Waals surface area contributed by atoms with Gasteiger partial charge < -0.3 is 9.13 Å². The molecule has 0 radical (unpaired) electrons. The zero-order valence-corrected chi connectivity index (χ0v) is 20.7. The molecular formula is C34H28N2. The first-order valence-corrected chi connectivity index (χ1v) is 12.3. The first-order chi connectivity index (χ1) is 17.6. The van der Waals surface area contributed by atoms with Gasteiger partial charge in [-0.25, -0.2) is 0 Å². The molecule has 2 nitrogen and oxygen atoms in total. The number of hydrogen-bond acceptors (Lipinski definition) is 0. The van der Waals surface area contributed by atoms with Crippen LogP contribution >= 0.6 is 0 Å². The van der Waals surface area contributed by atoms with E-state index in [4.69, 9.17) is 0 Å². The van der Waals surface area contributed by atoms with Gasteiger partial charge in [-0.2, -0.15) is 0 Å². The van der Waals surface area contributed by atoms with Gasteiger partial charge in [-0.05, 0) is 49.2 Å². The Morgan fingerprint density at radius 2 is 1.28 bits per heavy atom. The first-order valence-electron chi connectivity index (χ1n) is 12.3. The fraction of sp³-hybridized carbons (Fsp3) is 0.0588. The third-order valence-corrected chi connectivity index (χ3v) is 7.16. The van der Waals surface area contributed by atoms with E-state index in [9.17, 15) is 0 Å². The highest BCUT2D eigenvalue weighted by Gasteiger charge is 2.15. The lowest BCUT2D eigenvalue weighted by Gasteiger charge is -2.13. The van der Waals surface area contributed by atoms with E-state index < -0.39 is 0 Å². The van der Waals surface area contributed by atoms with E-state index in [1.54, 1.807) is 0 Å². The van der Waals surface area contributed by atoms with Crippen LogP contribution in [-0.2, 0) is 0 Å². The molecule has 0 atom stereocenters. The van der Waals surface area contributed by atoms with Gasteiger partial charge in [0.05, 0.1) is 16.6 Å². The van der Waals surface area contributed by atoms with Gasteiger partial charge in [0.25, 0.3) is 0 Å². The predicted molar refractivity (Wildman–Crippen MR) is 157 cm³/mol. The van der Waals surface area contributed by atoms with E-state index in [2.05, 4.69) is 139 Å². The molecule has 0 saturated heterocycles. The lowest BCUT2D eigenvalue weighted by atomic mass is 10.0. The van der Waals surface area contributed by atoms with Gasteiger partial charge in [-0.3, -0.25) is 0 Å². The maximum Gasteiger partial charge on any atom is 0.0547 e. The van der Waals surface area contributed by atoms with Gasteiger partial charge in [0, 0.05) is 38.8 Å². The topological polar surface area (TPSA) is 9.86 Å². The zero-order valence-electron chi connectivity index (χ0n) is 20.7. The maximum absolute atomic E-state index is 4.56. The van der Waals surface area contributed by atoms with Crippen molar-refractivity contribution in [1.82, 2.24) is 9.13 Å². The number of allylic oxidation sites excluding steroid dienone is 3. The van der Waals surface area contributed by atoms with Crippen LogP contribution in [-0.4, -0.2) is 9.13 Å². The van der Waals surface area contributed by atoms with Crippen LogP contribution in [0, 0.1) is 6.92 Å². The fourth-order valence-corrected chi connectivity index (χ4v) is 5.56. The molecule has 0 aliphatic rings. The van der Waals surface area contributed by atoms with Gasteiger partial charge in [0.15, 0.2) is 0 Å². The Hall–Kier alpha value is -4.56. The molecule has 2 aromatic heterocycles. The molecular weight excluding hydrogens is 436 g/mol. The Labute approximate surface area is 211 Å². The Kier molecular flexibility index (Phi) is 5.23. The second kappa shape index (κ2) is 8.58. The molecule has 0 unspecified atom stereocenters. The lowest BCUT2D eigenvalue weighted by molar-refractivity contribution is 1.06. The standard InChI is InChI=1S/C34H28N2/c1-5-28-25(4)35(32-17-11-9-15-29(28)32)23(2)21-24(3)36-33-18-12-10-16-30(33)31-20-19-27(22-34(31)36)26-13-7-6-8-14-26/h5-22H,1,3H2,2,4H3. The summed E-state index contributed by atoms with van der Waals surface area (Å²) in [6, 6.07) is 34.3. The molecule has 2 heterocycles. The number of benzene rings is 4. The maximum atomic E-state index is 4.56. The van der Waals surface area contributed by atoms with E-state index in [0.29, 0.717) is 0 Å². The van der Waals surface area contributed by atoms with Crippen molar-refractivity contribution < 1.29 is 0 Å². The van der Waals surface area contributed by atoms with Gasteiger partial charge in [-0.1, -0.05) is 98.1 Å². The average molecular weight is 465 g/mol. The molecule has 36 heavy (non-hydrogen) atoms. The summed E-state index contributed by atoms with van der Waals surface area (Å²) < 4.78 is 4.59. The highest BCUT2D eigenvalue weighted by atomic mass is 15.0. The molecule has 174 valence electrons. The summed E-state index contributed by atoms with van der Waals surface area (Å²) in [4.78, 5) is 0. The van der Waals surface area contributed by atoms with Crippen molar-refractivity contribution in [2.24, 2.45) is 0 Å². The van der Waals surface area contributed by atoms with Crippen LogP contribution in [0.5, 0.6) is 0 Å². The van der Waals surface area contributed by atoms with Crippen LogP contribution in [0.3, 0.4) is 0 Å².